The van der Waals surface area contributed by atoms with Crippen LogP contribution in [0.3, 0.4) is 0 Å². The minimum Gasteiger partial charge on any atom is -0.396 e. The van der Waals surface area contributed by atoms with E-state index >= 15 is 0 Å². The van der Waals surface area contributed by atoms with E-state index in [0.717, 1.165) is 5.56 Å². The molecule has 14 heavy (non-hydrogen) atoms. The minimum absolute atomic E-state index is 0.0341. The second-order valence-corrected chi connectivity index (χ2v) is 3.13. The molecule has 0 radical (unpaired) electrons. The van der Waals surface area contributed by atoms with Crippen LogP contribution in [-0.2, 0) is 6.54 Å². The molecule has 1 aromatic rings. The molecule has 0 saturated heterocycles. The fourth-order valence-electron chi connectivity index (χ4n) is 1.18. The van der Waals surface area contributed by atoms with Crippen LogP contribution in [0.15, 0.2) is 24.5 Å². The largest absolute Gasteiger partial charge is 0.396 e. The molecule has 0 fully saturated rings. The lowest BCUT2D eigenvalue weighted by Crippen LogP contribution is -2.32. The molecule has 1 rings (SSSR count). The van der Waals surface area contributed by atoms with Crippen LogP contribution in [0.1, 0.15) is 12.0 Å². The molecule has 0 aromatic carbocycles. The van der Waals surface area contributed by atoms with E-state index in [9.17, 15) is 0 Å². The lowest BCUT2D eigenvalue weighted by Gasteiger charge is -2.14. The lowest BCUT2D eigenvalue weighted by atomic mass is 10.2. The van der Waals surface area contributed by atoms with E-state index in [2.05, 4.69) is 10.3 Å². The molecule has 1 unspecified atom stereocenters. The van der Waals surface area contributed by atoms with Crippen LogP contribution in [0, 0.1) is 0 Å². The first-order valence-electron chi connectivity index (χ1n) is 4.71. The molecule has 0 saturated carbocycles. The summed E-state index contributed by atoms with van der Waals surface area (Å²) < 4.78 is 0. The maximum Gasteiger partial charge on any atom is 0.0585 e. The molecule has 3 N–H and O–H groups in total. The number of aliphatic hydroxyl groups is 2. The highest BCUT2D eigenvalue weighted by Crippen LogP contribution is 1.97. The fourth-order valence-corrected chi connectivity index (χ4v) is 1.18. The number of hydrogen-bond acceptors (Lipinski definition) is 4. The van der Waals surface area contributed by atoms with Gasteiger partial charge < -0.3 is 15.5 Å². The summed E-state index contributed by atoms with van der Waals surface area (Å²) in [5.41, 5.74) is 1.12. The molecule has 0 spiro atoms. The number of hydrogen-bond donors (Lipinski definition) is 3. The van der Waals surface area contributed by atoms with E-state index in [0.29, 0.717) is 13.0 Å². The van der Waals surface area contributed by atoms with Crippen molar-refractivity contribution < 1.29 is 10.2 Å². The van der Waals surface area contributed by atoms with Gasteiger partial charge in [-0.1, -0.05) is 0 Å². The number of nitrogens with zero attached hydrogens (tertiary/aromatic N) is 1. The molecule has 4 nitrogen and oxygen atoms in total. The summed E-state index contributed by atoms with van der Waals surface area (Å²) in [5.74, 6) is 0. The third-order valence-corrected chi connectivity index (χ3v) is 2.04. The third kappa shape index (κ3) is 3.83. The van der Waals surface area contributed by atoms with E-state index in [1.54, 1.807) is 12.4 Å². The molecule has 0 aliphatic heterocycles. The van der Waals surface area contributed by atoms with Crippen molar-refractivity contribution in [2.75, 3.05) is 13.2 Å². The second kappa shape index (κ2) is 6.48. The molecular formula is C10H16N2O2. The van der Waals surface area contributed by atoms with Crippen molar-refractivity contribution in [2.45, 2.75) is 19.0 Å². The van der Waals surface area contributed by atoms with Crippen LogP contribution in [-0.4, -0.2) is 34.5 Å². The van der Waals surface area contributed by atoms with Crippen LogP contribution in [0.2, 0.25) is 0 Å². The van der Waals surface area contributed by atoms with Gasteiger partial charge in [0, 0.05) is 31.6 Å². The van der Waals surface area contributed by atoms with Crippen molar-refractivity contribution in [1.29, 1.82) is 0 Å². The van der Waals surface area contributed by atoms with Gasteiger partial charge in [-0.05, 0) is 24.1 Å². The van der Waals surface area contributed by atoms with Gasteiger partial charge in [0.2, 0.25) is 0 Å². The number of rotatable bonds is 6. The monoisotopic (exact) mass is 196 g/mol. The Hall–Kier alpha value is -0.970. The van der Waals surface area contributed by atoms with Crippen LogP contribution in [0.25, 0.3) is 0 Å². The molecule has 1 heterocycles. The van der Waals surface area contributed by atoms with Crippen molar-refractivity contribution in [2.24, 2.45) is 0 Å². The highest BCUT2D eigenvalue weighted by Gasteiger charge is 2.04. The molecule has 0 amide bonds. The van der Waals surface area contributed by atoms with Crippen molar-refractivity contribution in [3.05, 3.63) is 30.1 Å². The van der Waals surface area contributed by atoms with E-state index in [4.69, 9.17) is 10.2 Å². The number of aliphatic hydroxyl groups excluding tert-OH is 2. The summed E-state index contributed by atoms with van der Waals surface area (Å²) in [4.78, 5) is 3.91. The number of aromatic nitrogens is 1. The van der Waals surface area contributed by atoms with Crippen molar-refractivity contribution in [3.8, 4) is 0 Å². The summed E-state index contributed by atoms with van der Waals surface area (Å²) in [6.45, 7) is 0.827. The van der Waals surface area contributed by atoms with Gasteiger partial charge in [-0.15, -0.1) is 0 Å². The fraction of sp³-hybridized carbons (Fsp3) is 0.500. The molecule has 4 heteroatoms. The second-order valence-electron chi connectivity index (χ2n) is 3.13. The summed E-state index contributed by atoms with van der Waals surface area (Å²) in [7, 11) is 0. The Labute approximate surface area is 83.6 Å². The van der Waals surface area contributed by atoms with Gasteiger partial charge in [0.15, 0.2) is 0 Å². The first-order valence-corrected chi connectivity index (χ1v) is 4.71. The summed E-state index contributed by atoms with van der Waals surface area (Å²) in [6.07, 6.45) is 4.04. The average Bonchev–Trinajstić information content (AvgIpc) is 2.25. The normalized spacial score (nSPS) is 12.7. The summed E-state index contributed by atoms with van der Waals surface area (Å²) >= 11 is 0. The van der Waals surface area contributed by atoms with Crippen LogP contribution in [0.5, 0.6) is 0 Å². The molecule has 78 valence electrons. The van der Waals surface area contributed by atoms with Gasteiger partial charge in [-0.3, -0.25) is 4.98 Å². The maximum atomic E-state index is 8.95. The third-order valence-electron chi connectivity index (χ3n) is 2.04. The van der Waals surface area contributed by atoms with Crippen molar-refractivity contribution in [1.82, 2.24) is 10.3 Å². The summed E-state index contributed by atoms with van der Waals surface area (Å²) in [6, 6.07) is 3.80. The van der Waals surface area contributed by atoms with Crippen molar-refractivity contribution >= 4 is 0 Å². The quantitative estimate of drug-likeness (QED) is 0.595. The Morgan fingerprint density at radius 2 is 2.00 bits per heavy atom. The number of pyridine rings is 1. The zero-order valence-corrected chi connectivity index (χ0v) is 8.06. The summed E-state index contributed by atoms with van der Waals surface area (Å²) in [5, 5.41) is 20.8. The minimum atomic E-state index is -0.0341. The molecule has 1 atom stereocenters. The molecular weight excluding hydrogens is 180 g/mol. The van der Waals surface area contributed by atoms with E-state index in [-0.39, 0.29) is 19.3 Å². The smallest absolute Gasteiger partial charge is 0.0585 e. The maximum absolute atomic E-state index is 8.95. The van der Waals surface area contributed by atoms with E-state index in [1.807, 2.05) is 12.1 Å². The molecule has 1 aromatic heterocycles. The highest BCUT2D eigenvalue weighted by atomic mass is 16.3. The predicted molar refractivity (Wildman–Crippen MR) is 53.7 cm³/mol. The zero-order valence-electron chi connectivity index (χ0n) is 8.06. The predicted octanol–water partition coefficient (Wildman–Crippen LogP) is -0.0855. The van der Waals surface area contributed by atoms with Gasteiger partial charge in [0.05, 0.1) is 6.61 Å². The average molecular weight is 196 g/mol. The van der Waals surface area contributed by atoms with Gasteiger partial charge in [-0.25, -0.2) is 0 Å². The molecule has 0 bridgehead atoms. The van der Waals surface area contributed by atoms with Crippen LogP contribution >= 0.6 is 0 Å². The first kappa shape index (κ1) is 11.1. The Bertz CT molecular complexity index is 241. The zero-order chi connectivity index (χ0) is 10.2. The Balaban J connectivity index is 2.32. The topological polar surface area (TPSA) is 65.4 Å². The Morgan fingerprint density at radius 3 is 2.57 bits per heavy atom. The van der Waals surface area contributed by atoms with Crippen LogP contribution in [0.4, 0.5) is 0 Å². The van der Waals surface area contributed by atoms with Crippen LogP contribution < -0.4 is 5.32 Å². The lowest BCUT2D eigenvalue weighted by molar-refractivity contribution is 0.200. The van der Waals surface area contributed by atoms with Crippen molar-refractivity contribution in [3.63, 3.8) is 0 Å². The Morgan fingerprint density at radius 1 is 1.29 bits per heavy atom. The molecule has 0 aliphatic carbocycles. The van der Waals surface area contributed by atoms with Gasteiger partial charge in [0.25, 0.3) is 0 Å². The Kier molecular flexibility index (Phi) is 5.14. The SMILES string of the molecule is OCCC(CO)NCc1ccncc1. The first-order chi connectivity index (χ1) is 6.86. The highest BCUT2D eigenvalue weighted by molar-refractivity contribution is 5.09. The van der Waals surface area contributed by atoms with Gasteiger partial charge in [-0.2, -0.15) is 0 Å². The van der Waals surface area contributed by atoms with Gasteiger partial charge >= 0.3 is 0 Å². The molecule has 0 aliphatic rings. The standard InChI is InChI=1S/C10H16N2O2/c13-6-3-10(8-14)12-7-9-1-4-11-5-2-9/h1-2,4-5,10,12-14H,3,6-8H2. The van der Waals surface area contributed by atoms with E-state index in [1.165, 1.54) is 0 Å². The van der Waals surface area contributed by atoms with Gasteiger partial charge in [0.1, 0.15) is 0 Å². The van der Waals surface area contributed by atoms with E-state index < -0.39 is 0 Å². The number of nitrogens with one attached hydrogen (secondary N) is 1.